The lowest BCUT2D eigenvalue weighted by molar-refractivity contribution is -0.139. The lowest BCUT2D eigenvalue weighted by Gasteiger charge is -2.29. The number of nitrogens with zero attached hydrogens (tertiary/aromatic N) is 2. The van der Waals surface area contributed by atoms with Gasteiger partial charge < -0.3 is 15.0 Å². The largest absolute Gasteiger partial charge is 0.472 e. The highest BCUT2D eigenvalue weighted by Crippen LogP contribution is 2.36. The molecule has 140 valence electrons. The van der Waals surface area contributed by atoms with Crippen LogP contribution in [0.2, 0.25) is 0 Å². The van der Waals surface area contributed by atoms with Gasteiger partial charge in [-0.3, -0.25) is 0 Å². The van der Waals surface area contributed by atoms with E-state index in [1.165, 1.54) is 18.2 Å². The van der Waals surface area contributed by atoms with E-state index in [2.05, 4.69) is 10.3 Å². The average molecular weight is 373 g/mol. The number of anilines is 1. The van der Waals surface area contributed by atoms with Crippen LogP contribution in [0.15, 0.2) is 30.3 Å². The number of halogens is 5. The number of ether oxygens (including phenoxy) is 1. The summed E-state index contributed by atoms with van der Waals surface area (Å²) in [5.41, 5.74) is -1.25. The maximum atomic E-state index is 13.7. The van der Waals surface area contributed by atoms with Crippen molar-refractivity contribution in [3.63, 3.8) is 0 Å². The topological polar surface area (TPSA) is 37.4 Å². The molecule has 0 bridgehead atoms. The zero-order chi connectivity index (χ0) is 18.7. The summed E-state index contributed by atoms with van der Waals surface area (Å²) in [5.74, 6) is -2.56. The Labute approximate surface area is 146 Å². The number of pyridine rings is 1. The SMILES string of the molecule is Fc1cccc(COc2nc(N3CCNCC3)ccc2C(F)(F)F)c1F. The maximum absolute atomic E-state index is 13.7. The molecular weight excluding hydrogens is 357 g/mol. The van der Waals surface area contributed by atoms with Gasteiger partial charge in [0.25, 0.3) is 0 Å². The summed E-state index contributed by atoms with van der Waals surface area (Å²) in [7, 11) is 0. The van der Waals surface area contributed by atoms with Crippen LogP contribution >= 0.6 is 0 Å². The van der Waals surface area contributed by atoms with Gasteiger partial charge in [-0.05, 0) is 18.2 Å². The molecule has 0 aliphatic carbocycles. The standard InChI is InChI=1S/C17H16F5N3O/c18-13-3-1-2-11(15(13)19)10-26-16-12(17(20,21)22)4-5-14(24-16)25-8-6-23-7-9-25/h1-5,23H,6-10H2. The zero-order valence-electron chi connectivity index (χ0n) is 13.6. The molecule has 0 radical (unpaired) electrons. The van der Waals surface area contributed by atoms with E-state index in [0.717, 1.165) is 12.1 Å². The predicted molar refractivity (Wildman–Crippen MR) is 85.0 cm³/mol. The fraction of sp³-hybridized carbons (Fsp3) is 0.353. The molecule has 2 aromatic rings. The van der Waals surface area contributed by atoms with Crippen molar-refractivity contribution in [3.05, 3.63) is 53.1 Å². The predicted octanol–water partition coefficient (Wildman–Crippen LogP) is 3.37. The molecule has 0 atom stereocenters. The van der Waals surface area contributed by atoms with Gasteiger partial charge in [0.1, 0.15) is 18.0 Å². The van der Waals surface area contributed by atoms with Crippen molar-refractivity contribution < 1.29 is 26.7 Å². The van der Waals surface area contributed by atoms with Gasteiger partial charge >= 0.3 is 6.18 Å². The molecule has 2 heterocycles. The van der Waals surface area contributed by atoms with Crippen LogP contribution in [0.5, 0.6) is 5.88 Å². The number of hydrogen-bond acceptors (Lipinski definition) is 4. The summed E-state index contributed by atoms with van der Waals surface area (Å²) in [4.78, 5) is 5.80. The highest BCUT2D eigenvalue weighted by atomic mass is 19.4. The Morgan fingerprint density at radius 2 is 1.81 bits per heavy atom. The Bertz CT molecular complexity index is 775. The first-order valence-corrected chi connectivity index (χ1v) is 7.96. The third kappa shape index (κ3) is 4.04. The fourth-order valence-corrected chi connectivity index (χ4v) is 2.63. The summed E-state index contributed by atoms with van der Waals surface area (Å²) in [6.45, 7) is 2.00. The average Bonchev–Trinajstić information content (AvgIpc) is 2.62. The minimum atomic E-state index is -4.68. The number of nitrogens with one attached hydrogen (secondary N) is 1. The summed E-state index contributed by atoms with van der Waals surface area (Å²) < 4.78 is 71.7. The van der Waals surface area contributed by atoms with E-state index in [9.17, 15) is 22.0 Å². The Kier molecular flexibility index (Phi) is 5.26. The van der Waals surface area contributed by atoms with Crippen molar-refractivity contribution in [2.75, 3.05) is 31.1 Å². The second-order valence-corrected chi connectivity index (χ2v) is 5.76. The van der Waals surface area contributed by atoms with Crippen molar-refractivity contribution in [2.24, 2.45) is 0 Å². The highest BCUT2D eigenvalue weighted by Gasteiger charge is 2.36. The highest BCUT2D eigenvalue weighted by molar-refractivity contribution is 5.45. The Morgan fingerprint density at radius 1 is 1.08 bits per heavy atom. The van der Waals surface area contributed by atoms with Crippen LogP contribution in [-0.2, 0) is 12.8 Å². The molecule has 26 heavy (non-hydrogen) atoms. The zero-order valence-corrected chi connectivity index (χ0v) is 13.6. The molecular formula is C17H16F5N3O. The quantitative estimate of drug-likeness (QED) is 0.834. The van der Waals surface area contributed by atoms with Crippen molar-refractivity contribution in [1.29, 1.82) is 0 Å². The second kappa shape index (κ2) is 7.45. The van der Waals surface area contributed by atoms with Gasteiger partial charge in [0.05, 0.1) is 0 Å². The number of aromatic nitrogens is 1. The first-order chi connectivity index (χ1) is 12.4. The minimum Gasteiger partial charge on any atom is -0.472 e. The van der Waals surface area contributed by atoms with Crippen molar-refractivity contribution in [1.82, 2.24) is 10.3 Å². The summed E-state index contributed by atoms with van der Waals surface area (Å²) in [6, 6.07) is 5.59. The lowest BCUT2D eigenvalue weighted by Crippen LogP contribution is -2.43. The number of alkyl halides is 3. The van der Waals surface area contributed by atoms with Gasteiger partial charge in [-0.1, -0.05) is 12.1 Å². The first-order valence-electron chi connectivity index (χ1n) is 7.96. The molecule has 4 nitrogen and oxygen atoms in total. The van der Waals surface area contributed by atoms with Crippen LogP contribution in [0, 0.1) is 11.6 Å². The van der Waals surface area contributed by atoms with Crippen LogP contribution in [0.1, 0.15) is 11.1 Å². The van der Waals surface area contributed by atoms with Crippen LogP contribution < -0.4 is 15.0 Å². The molecule has 0 saturated carbocycles. The van der Waals surface area contributed by atoms with Gasteiger partial charge in [0.2, 0.25) is 5.88 Å². The molecule has 0 amide bonds. The Morgan fingerprint density at radius 3 is 2.50 bits per heavy atom. The van der Waals surface area contributed by atoms with E-state index < -0.39 is 35.9 Å². The summed E-state index contributed by atoms with van der Waals surface area (Å²) >= 11 is 0. The third-order valence-corrected chi connectivity index (χ3v) is 3.99. The van der Waals surface area contributed by atoms with Crippen molar-refractivity contribution >= 4 is 5.82 Å². The number of hydrogen-bond donors (Lipinski definition) is 1. The Balaban J connectivity index is 1.88. The molecule has 1 aromatic carbocycles. The lowest BCUT2D eigenvalue weighted by atomic mass is 10.2. The van der Waals surface area contributed by atoms with E-state index in [1.54, 1.807) is 0 Å². The molecule has 1 aromatic heterocycles. The molecule has 1 aliphatic rings. The monoisotopic (exact) mass is 373 g/mol. The third-order valence-electron chi connectivity index (χ3n) is 3.99. The second-order valence-electron chi connectivity index (χ2n) is 5.76. The van der Waals surface area contributed by atoms with E-state index in [4.69, 9.17) is 4.74 Å². The van der Waals surface area contributed by atoms with Gasteiger partial charge in [-0.15, -0.1) is 0 Å². The molecule has 1 N–H and O–H groups in total. The van der Waals surface area contributed by atoms with E-state index in [-0.39, 0.29) is 5.56 Å². The number of rotatable bonds is 4. The van der Waals surface area contributed by atoms with Crippen molar-refractivity contribution in [3.8, 4) is 5.88 Å². The van der Waals surface area contributed by atoms with Crippen LogP contribution in [0.4, 0.5) is 27.8 Å². The fourth-order valence-electron chi connectivity index (χ4n) is 2.63. The van der Waals surface area contributed by atoms with Gasteiger partial charge in [-0.2, -0.15) is 18.2 Å². The van der Waals surface area contributed by atoms with Crippen molar-refractivity contribution in [2.45, 2.75) is 12.8 Å². The molecule has 1 saturated heterocycles. The van der Waals surface area contributed by atoms with Crippen LogP contribution in [0.3, 0.4) is 0 Å². The van der Waals surface area contributed by atoms with Crippen LogP contribution in [-0.4, -0.2) is 31.2 Å². The van der Waals surface area contributed by atoms with Crippen LogP contribution in [0.25, 0.3) is 0 Å². The summed E-state index contributed by atoms with van der Waals surface area (Å²) in [5, 5.41) is 3.14. The molecule has 0 unspecified atom stereocenters. The van der Waals surface area contributed by atoms with Gasteiger partial charge in [0, 0.05) is 31.7 Å². The minimum absolute atomic E-state index is 0.187. The molecule has 3 rings (SSSR count). The van der Waals surface area contributed by atoms with E-state index in [1.807, 2.05) is 4.90 Å². The smallest absolute Gasteiger partial charge is 0.421 e. The molecule has 9 heteroatoms. The normalized spacial score (nSPS) is 15.2. The molecule has 1 aliphatic heterocycles. The van der Waals surface area contributed by atoms with Gasteiger partial charge in [-0.25, -0.2) is 8.78 Å². The molecule has 0 spiro atoms. The number of piperazine rings is 1. The summed E-state index contributed by atoms with van der Waals surface area (Å²) in [6.07, 6.45) is -4.68. The first kappa shape index (κ1) is 18.4. The number of benzene rings is 1. The molecule has 1 fully saturated rings. The van der Waals surface area contributed by atoms with E-state index >= 15 is 0 Å². The van der Waals surface area contributed by atoms with Gasteiger partial charge in [0.15, 0.2) is 11.6 Å². The Hall–Kier alpha value is -2.42. The van der Waals surface area contributed by atoms with E-state index in [0.29, 0.717) is 32.0 Å². The maximum Gasteiger partial charge on any atom is 0.421 e.